The molecule has 2 saturated heterocycles. The summed E-state index contributed by atoms with van der Waals surface area (Å²) in [5.41, 5.74) is 1.40. The number of hydrogen-bond donors (Lipinski definition) is 2. The summed E-state index contributed by atoms with van der Waals surface area (Å²) in [7, 11) is 0. The molecule has 2 aliphatic heterocycles. The first kappa shape index (κ1) is 27.3. The normalized spacial score (nSPS) is 23.2. The van der Waals surface area contributed by atoms with Crippen molar-refractivity contribution in [2.24, 2.45) is 4.99 Å². The molecule has 2 unspecified atom stereocenters. The Labute approximate surface area is 213 Å². The van der Waals surface area contributed by atoms with Crippen LogP contribution in [0.4, 0.5) is 0 Å². The van der Waals surface area contributed by atoms with E-state index in [-0.39, 0.29) is 24.0 Å². The standard InChI is InChI=1S/C25H44N6.HI/c1-4-26-25(27-13-9-10-14-30-17-15-29(5-2)16-18-30)28-24-19-22(3)31(21-24)20-23-11-7-6-8-12-23;/h6-8,11-12,22,24H,4-5,9-10,13-21H2,1-3H3,(H2,26,27,28);1H. The lowest BCUT2D eigenvalue weighted by Gasteiger charge is -2.33. The molecule has 0 bridgehead atoms. The summed E-state index contributed by atoms with van der Waals surface area (Å²) in [5, 5.41) is 7.14. The van der Waals surface area contributed by atoms with Crippen LogP contribution in [-0.2, 0) is 6.54 Å². The van der Waals surface area contributed by atoms with E-state index in [1.54, 1.807) is 0 Å². The monoisotopic (exact) mass is 556 g/mol. The Hall–Kier alpha value is -0.900. The molecule has 2 aliphatic rings. The minimum Gasteiger partial charge on any atom is -0.357 e. The summed E-state index contributed by atoms with van der Waals surface area (Å²) >= 11 is 0. The van der Waals surface area contributed by atoms with Crippen molar-refractivity contribution < 1.29 is 0 Å². The van der Waals surface area contributed by atoms with Crippen molar-refractivity contribution in [3.8, 4) is 0 Å². The molecule has 1 aromatic carbocycles. The molecule has 0 aliphatic carbocycles. The summed E-state index contributed by atoms with van der Waals surface area (Å²) in [6, 6.07) is 11.9. The maximum atomic E-state index is 4.87. The summed E-state index contributed by atoms with van der Waals surface area (Å²) in [6.45, 7) is 18.0. The number of hydrogen-bond acceptors (Lipinski definition) is 4. The van der Waals surface area contributed by atoms with Gasteiger partial charge >= 0.3 is 0 Å². The molecule has 0 aromatic heterocycles. The predicted octanol–water partition coefficient (Wildman–Crippen LogP) is 3.24. The lowest BCUT2D eigenvalue weighted by atomic mass is 10.2. The van der Waals surface area contributed by atoms with E-state index in [0.29, 0.717) is 12.1 Å². The van der Waals surface area contributed by atoms with Gasteiger partial charge in [0, 0.05) is 64.4 Å². The number of unbranched alkanes of at least 4 members (excludes halogenated alkanes) is 1. The van der Waals surface area contributed by atoms with Gasteiger partial charge in [0.15, 0.2) is 5.96 Å². The van der Waals surface area contributed by atoms with Crippen LogP contribution in [0.3, 0.4) is 0 Å². The van der Waals surface area contributed by atoms with Crippen LogP contribution in [0.25, 0.3) is 0 Å². The van der Waals surface area contributed by atoms with Gasteiger partial charge in [0.05, 0.1) is 0 Å². The molecule has 0 amide bonds. The van der Waals surface area contributed by atoms with Gasteiger partial charge in [0.1, 0.15) is 0 Å². The molecular weight excluding hydrogens is 511 g/mol. The topological polar surface area (TPSA) is 46.1 Å². The Morgan fingerprint density at radius 3 is 2.44 bits per heavy atom. The van der Waals surface area contributed by atoms with Crippen LogP contribution < -0.4 is 10.6 Å². The number of rotatable bonds is 10. The molecule has 2 atom stereocenters. The van der Waals surface area contributed by atoms with Gasteiger partial charge in [-0.15, -0.1) is 24.0 Å². The van der Waals surface area contributed by atoms with Gasteiger partial charge in [-0.25, -0.2) is 0 Å². The van der Waals surface area contributed by atoms with E-state index in [1.807, 2.05) is 0 Å². The lowest BCUT2D eigenvalue weighted by Crippen LogP contribution is -2.46. The molecule has 3 rings (SSSR count). The van der Waals surface area contributed by atoms with Crippen molar-refractivity contribution in [2.45, 2.75) is 58.7 Å². The molecule has 0 spiro atoms. The van der Waals surface area contributed by atoms with E-state index in [1.165, 1.54) is 57.7 Å². The maximum Gasteiger partial charge on any atom is 0.191 e. The first-order valence-electron chi connectivity index (χ1n) is 12.5. The molecule has 182 valence electrons. The van der Waals surface area contributed by atoms with E-state index >= 15 is 0 Å². The summed E-state index contributed by atoms with van der Waals surface area (Å²) in [5.74, 6) is 0.984. The van der Waals surface area contributed by atoms with E-state index in [4.69, 9.17) is 4.99 Å². The third kappa shape index (κ3) is 9.15. The van der Waals surface area contributed by atoms with Crippen LogP contribution >= 0.6 is 24.0 Å². The molecule has 2 heterocycles. The number of likely N-dealkylation sites (tertiary alicyclic amines) is 1. The Bertz CT molecular complexity index is 647. The second-order valence-corrected chi connectivity index (χ2v) is 9.08. The zero-order valence-corrected chi connectivity index (χ0v) is 22.8. The first-order valence-corrected chi connectivity index (χ1v) is 12.5. The second-order valence-electron chi connectivity index (χ2n) is 9.08. The molecule has 0 saturated carbocycles. The van der Waals surface area contributed by atoms with Gasteiger partial charge in [0.25, 0.3) is 0 Å². The zero-order valence-electron chi connectivity index (χ0n) is 20.4. The number of nitrogens with one attached hydrogen (secondary N) is 2. The zero-order chi connectivity index (χ0) is 21.9. The molecule has 6 nitrogen and oxygen atoms in total. The molecule has 7 heteroatoms. The van der Waals surface area contributed by atoms with Crippen LogP contribution in [0.15, 0.2) is 35.3 Å². The van der Waals surface area contributed by atoms with E-state index in [0.717, 1.165) is 38.6 Å². The fourth-order valence-electron chi connectivity index (χ4n) is 4.72. The summed E-state index contributed by atoms with van der Waals surface area (Å²) < 4.78 is 0. The van der Waals surface area contributed by atoms with E-state index in [2.05, 4.69) is 76.4 Å². The maximum absolute atomic E-state index is 4.87. The number of nitrogens with zero attached hydrogens (tertiary/aromatic N) is 4. The van der Waals surface area contributed by atoms with Crippen molar-refractivity contribution >= 4 is 29.9 Å². The largest absolute Gasteiger partial charge is 0.357 e. The fourth-order valence-corrected chi connectivity index (χ4v) is 4.72. The Balaban J connectivity index is 0.00000363. The van der Waals surface area contributed by atoms with Gasteiger partial charge in [-0.1, -0.05) is 37.3 Å². The summed E-state index contributed by atoms with van der Waals surface area (Å²) in [4.78, 5) is 12.6. The van der Waals surface area contributed by atoms with Gasteiger partial charge in [-0.3, -0.25) is 9.89 Å². The van der Waals surface area contributed by atoms with Crippen LogP contribution in [0, 0.1) is 0 Å². The summed E-state index contributed by atoms with van der Waals surface area (Å²) in [6.07, 6.45) is 3.56. The van der Waals surface area contributed by atoms with Gasteiger partial charge < -0.3 is 20.4 Å². The highest BCUT2D eigenvalue weighted by atomic mass is 127. The predicted molar refractivity (Wildman–Crippen MR) is 147 cm³/mol. The van der Waals surface area contributed by atoms with Crippen LogP contribution in [0.1, 0.15) is 45.6 Å². The van der Waals surface area contributed by atoms with Crippen molar-refractivity contribution in [3.63, 3.8) is 0 Å². The number of aliphatic imine (C=N–C) groups is 1. The van der Waals surface area contributed by atoms with E-state index < -0.39 is 0 Å². The second kappa shape index (κ2) is 15.1. The Kier molecular flexibility index (Phi) is 12.9. The fraction of sp³-hybridized carbons (Fsp3) is 0.720. The number of benzene rings is 1. The molecule has 1 aromatic rings. The highest BCUT2D eigenvalue weighted by molar-refractivity contribution is 14.0. The lowest BCUT2D eigenvalue weighted by molar-refractivity contribution is 0.136. The highest BCUT2D eigenvalue weighted by Crippen LogP contribution is 2.20. The number of guanidine groups is 1. The Morgan fingerprint density at radius 2 is 1.75 bits per heavy atom. The van der Waals surface area contributed by atoms with Crippen LogP contribution in [-0.4, -0.2) is 91.6 Å². The first-order chi connectivity index (χ1) is 15.2. The molecular formula is C25H45IN6. The average Bonchev–Trinajstić information content (AvgIpc) is 3.13. The third-order valence-electron chi connectivity index (χ3n) is 6.68. The van der Waals surface area contributed by atoms with E-state index in [9.17, 15) is 0 Å². The molecule has 2 fully saturated rings. The van der Waals surface area contributed by atoms with Gasteiger partial charge in [0.2, 0.25) is 0 Å². The van der Waals surface area contributed by atoms with Crippen LogP contribution in [0.5, 0.6) is 0 Å². The minimum atomic E-state index is 0. The number of piperazine rings is 1. The highest BCUT2D eigenvalue weighted by Gasteiger charge is 2.29. The minimum absolute atomic E-state index is 0. The molecule has 0 radical (unpaired) electrons. The number of likely N-dealkylation sites (N-methyl/N-ethyl adjacent to an activating group) is 1. The average molecular weight is 557 g/mol. The van der Waals surface area contributed by atoms with Crippen molar-refractivity contribution in [1.82, 2.24) is 25.3 Å². The SMILES string of the molecule is CCNC(=NCCCCN1CCN(CC)CC1)NC1CC(C)N(Cc2ccccc2)C1.I. The molecule has 2 N–H and O–H groups in total. The van der Waals surface area contributed by atoms with Crippen molar-refractivity contribution in [2.75, 3.05) is 58.9 Å². The molecule has 32 heavy (non-hydrogen) atoms. The van der Waals surface area contributed by atoms with Crippen molar-refractivity contribution in [1.29, 1.82) is 0 Å². The van der Waals surface area contributed by atoms with Crippen LogP contribution in [0.2, 0.25) is 0 Å². The quantitative estimate of drug-likeness (QED) is 0.201. The number of halogens is 1. The van der Waals surface area contributed by atoms with Gasteiger partial charge in [-0.05, 0) is 51.8 Å². The van der Waals surface area contributed by atoms with Gasteiger partial charge in [-0.2, -0.15) is 0 Å². The van der Waals surface area contributed by atoms with Crippen molar-refractivity contribution in [3.05, 3.63) is 35.9 Å². The third-order valence-corrected chi connectivity index (χ3v) is 6.68. The smallest absolute Gasteiger partial charge is 0.191 e. The Morgan fingerprint density at radius 1 is 1.03 bits per heavy atom.